The van der Waals surface area contributed by atoms with Crippen LogP contribution in [0.25, 0.3) is 0 Å². The van der Waals surface area contributed by atoms with Gasteiger partial charge in [-0.05, 0) is 77.1 Å². The molecule has 66 heavy (non-hydrogen) atoms. The summed E-state index contributed by atoms with van der Waals surface area (Å²) in [4.78, 5) is 69.9. The maximum Gasteiger partial charge on any atom is 0.407 e. The number of hydrogen-bond acceptors (Lipinski definition) is 13. The molecular weight excluding hydrogens is 851 g/mol. The first-order valence-electron chi connectivity index (χ1n) is 23.6. The van der Waals surface area contributed by atoms with Crippen molar-refractivity contribution in [2.75, 3.05) is 112 Å². The van der Waals surface area contributed by atoms with E-state index in [2.05, 4.69) is 36.8 Å². The second kappa shape index (κ2) is 31.8. The van der Waals surface area contributed by atoms with Gasteiger partial charge in [-0.15, -0.1) is 0 Å². The molecule has 1 atom stereocenters. The number of rotatable bonds is 22. The zero-order valence-electron chi connectivity index (χ0n) is 40.2. The summed E-state index contributed by atoms with van der Waals surface area (Å²) in [7, 11) is 1.61. The van der Waals surface area contributed by atoms with Crippen molar-refractivity contribution in [2.45, 2.75) is 91.2 Å². The first kappa shape index (κ1) is 55.3. The molecule has 5 amide bonds. The van der Waals surface area contributed by atoms with Gasteiger partial charge in [0.25, 0.3) is 23.6 Å². The summed E-state index contributed by atoms with van der Waals surface area (Å²) in [6, 6.07) is 9.49. The third-order valence-electron chi connectivity index (χ3n) is 10.2. The summed E-state index contributed by atoms with van der Waals surface area (Å²) >= 11 is 0. The summed E-state index contributed by atoms with van der Waals surface area (Å²) in [5.41, 5.74) is 0.341. The van der Waals surface area contributed by atoms with E-state index in [0.29, 0.717) is 105 Å². The zero-order valence-corrected chi connectivity index (χ0v) is 40.2. The summed E-state index contributed by atoms with van der Waals surface area (Å²) in [5, 5.41) is 18.1. The fourth-order valence-electron chi connectivity index (χ4n) is 6.76. The van der Waals surface area contributed by atoms with Gasteiger partial charge in [0.1, 0.15) is 17.1 Å². The van der Waals surface area contributed by atoms with Crippen LogP contribution in [-0.2, 0) is 18.9 Å². The first-order valence-corrected chi connectivity index (χ1v) is 23.6. The predicted octanol–water partition coefficient (Wildman–Crippen LogP) is 4.31. The van der Waals surface area contributed by atoms with Gasteiger partial charge in [-0.1, -0.05) is 38.8 Å². The van der Waals surface area contributed by atoms with Crippen molar-refractivity contribution in [3.63, 3.8) is 0 Å². The Kier molecular flexibility index (Phi) is 26.7. The second-order valence-corrected chi connectivity index (χ2v) is 16.9. The molecule has 0 fully saturated rings. The highest BCUT2D eigenvalue weighted by Gasteiger charge is 2.25. The molecule has 0 saturated heterocycles. The molecule has 0 spiro atoms. The molecule has 370 valence electrons. The highest BCUT2D eigenvalue weighted by atomic mass is 16.6. The highest BCUT2D eigenvalue weighted by molar-refractivity contribution is 6.05. The number of carbonyl (C=O) groups excluding carboxylic acids is 5. The number of unbranched alkanes of at least 4 members (excludes halogenated alkanes) is 3. The van der Waals surface area contributed by atoms with E-state index in [0.717, 1.165) is 25.7 Å². The predicted molar refractivity (Wildman–Crippen MR) is 253 cm³/mol. The number of alkyl carbamates (subject to hydrolysis) is 1. The van der Waals surface area contributed by atoms with Crippen molar-refractivity contribution in [3.8, 4) is 11.5 Å². The summed E-state index contributed by atoms with van der Waals surface area (Å²) in [6.07, 6.45) is 4.47. The van der Waals surface area contributed by atoms with Gasteiger partial charge in [0.15, 0.2) is 0 Å². The van der Waals surface area contributed by atoms with Crippen LogP contribution in [0.2, 0.25) is 0 Å². The van der Waals surface area contributed by atoms with Crippen LogP contribution in [0.3, 0.4) is 0 Å². The van der Waals surface area contributed by atoms with Gasteiger partial charge in [0, 0.05) is 72.1 Å². The van der Waals surface area contributed by atoms with Crippen LogP contribution in [0.15, 0.2) is 36.4 Å². The number of hydrogen-bond donors (Lipinski definition) is 6. The molecular formula is C48H77N7O11. The molecule has 3 rings (SSSR count). The number of methoxy groups -OCH3 is 1. The fourth-order valence-corrected chi connectivity index (χ4v) is 6.76. The van der Waals surface area contributed by atoms with Gasteiger partial charge < -0.3 is 60.3 Å². The molecule has 18 heteroatoms. The standard InChI is InChI=1S/C48H77N7O11/c1-7-9-28-64-41-37-16-13-17-38(41)45(58)52-25-26-55(27-30-62-33-34-63-32-31-61-6)35-36(15-11-12-20-53-47(60)66-48(3,4)5)54-46(59)40-19-14-18-39(42(40)65-29-10-8-2)44(57)51-24-22-49-21-23-50-43(37)56/h13-14,16-19,36,49H,7-12,15,20-35H2,1-6H3,(H,50,56)(H,51,57)(H,52,58)(H,53,60)(H,54,59). The number of ether oxygens (including phenoxy) is 6. The molecule has 6 N–H and O–H groups in total. The van der Waals surface area contributed by atoms with E-state index >= 15 is 0 Å². The smallest absolute Gasteiger partial charge is 0.407 e. The minimum Gasteiger partial charge on any atom is -0.492 e. The normalized spacial score (nSPS) is 16.2. The third-order valence-corrected chi connectivity index (χ3v) is 10.2. The van der Waals surface area contributed by atoms with E-state index in [1.807, 2.05) is 13.8 Å². The molecule has 4 bridgehead atoms. The van der Waals surface area contributed by atoms with E-state index in [9.17, 15) is 24.0 Å². The quantitative estimate of drug-likeness (QED) is 0.0910. The van der Waals surface area contributed by atoms with Crippen LogP contribution in [0.1, 0.15) is 121 Å². The minimum atomic E-state index is -0.629. The number of nitrogens with zero attached hydrogens (tertiary/aromatic N) is 1. The molecule has 1 aliphatic rings. The monoisotopic (exact) mass is 928 g/mol. The van der Waals surface area contributed by atoms with Crippen molar-refractivity contribution >= 4 is 29.7 Å². The second-order valence-electron chi connectivity index (χ2n) is 16.9. The number of amides is 5. The van der Waals surface area contributed by atoms with Crippen molar-refractivity contribution in [3.05, 3.63) is 58.7 Å². The lowest BCUT2D eigenvalue weighted by Gasteiger charge is -2.29. The Labute approximate surface area is 391 Å². The molecule has 2 aromatic carbocycles. The number of para-hydroxylation sites is 2. The van der Waals surface area contributed by atoms with Crippen LogP contribution in [0.4, 0.5) is 4.79 Å². The summed E-state index contributed by atoms with van der Waals surface area (Å²) in [5.74, 6) is -1.14. The van der Waals surface area contributed by atoms with Gasteiger partial charge >= 0.3 is 6.09 Å². The maximum absolute atomic E-state index is 14.4. The van der Waals surface area contributed by atoms with E-state index in [-0.39, 0.29) is 65.2 Å². The zero-order chi connectivity index (χ0) is 48.0. The van der Waals surface area contributed by atoms with Crippen molar-refractivity contribution in [1.29, 1.82) is 0 Å². The number of benzene rings is 2. The topological polar surface area (TPSA) is 216 Å². The van der Waals surface area contributed by atoms with Gasteiger partial charge in [-0.3, -0.25) is 24.1 Å². The molecule has 0 aromatic heterocycles. The van der Waals surface area contributed by atoms with Crippen LogP contribution in [0, 0.1) is 0 Å². The largest absolute Gasteiger partial charge is 0.492 e. The SMILES string of the molecule is CCCCOc1c2cccc1C(=O)NCCN(CCOCCOCCOC)CC(CCCCNC(=O)OC(C)(C)C)NC(=O)c1cccc(c1OCCCC)C(=O)NCCNCCNC2=O. The Morgan fingerprint density at radius 2 is 1.18 bits per heavy atom. The molecule has 1 heterocycles. The summed E-state index contributed by atoms with van der Waals surface area (Å²) < 4.78 is 34.3. The van der Waals surface area contributed by atoms with Crippen LogP contribution < -0.4 is 41.4 Å². The Morgan fingerprint density at radius 1 is 0.667 bits per heavy atom. The van der Waals surface area contributed by atoms with E-state index in [4.69, 9.17) is 28.4 Å². The Hall–Kier alpha value is -5.01. The maximum atomic E-state index is 14.4. The van der Waals surface area contributed by atoms with Crippen molar-refractivity contribution < 1.29 is 52.4 Å². The van der Waals surface area contributed by atoms with E-state index < -0.39 is 29.6 Å². The Bertz CT molecular complexity index is 1770. The number of fused-ring (bicyclic) bond motifs is 4. The summed E-state index contributed by atoms with van der Waals surface area (Å²) in [6.45, 7) is 15.4. The lowest BCUT2D eigenvalue weighted by Crippen LogP contribution is -2.47. The Morgan fingerprint density at radius 3 is 1.71 bits per heavy atom. The molecule has 18 nitrogen and oxygen atoms in total. The Balaban J connectivity index is 1.97. The number of nitrogens with one attached hydrogen (secondary N) is 6. The van der Waals surface area contributed by atoms with Gasteiger partial charge in [-0.25, -0.2) is 4.79 Å². The number of carbonyl (C=O) groups is 5. The van der Waals surface area contributed by atoms with Crippen LogP contribution in [0.5, 0.6) is 11.5 Å². The fraction of sp³-hybridized carbons (Fsp3) is 0.646. The first-order chi connectivity index (χ1) is 31.9. The van der Waals surface area contributed by atoms with Gasteiger partial charge in [0.05, 0.1) is 68.5 Å². The molecule has 0 aliphatic carbocycles. The lowest BCUT2D eigenvalue weighted by atomic mass is 10.0. The highest BCUT2D eigenvalue weighted by Crippen LogP contribution is 2.27. The molecule has 1 unspecified atom stereocenters. The molecule has 1 aliphatic heterocycles. The molecule has 0 saturated carbocycles. The van der Waals surface area contributed by atoms with Crippen LogP contribution >= 0.6 is 0 Å². The molecule has 2 aromatic rings. The third kappa shape index (κ3) is 21.5. The lowest BCUT2D eigenvalue weighted by molar-refractivity contribution is 0.0189. The van der Waals surface area contributed by atoms with E-state index in [1.165, 1.54) is 0 Å². The van der Waals surface area contributed by atoms with Crippen LogP contribution in [-0.4, -0.2) is 159 Å². The van der Waals surface area contributed by atoms with E-state index in [1.54, 1.807) is 64.3 Å². The van der Waals surface area contributed by atoms with Gasteiger partial charge in [-0.2, -0.15) is 0 Å². The molecule has 0 radical (unpaired) electrons. The van der Waals surface area contributed by atoms with Crippen molar-refractivity contribution in [1.82, 2.24) is 36.8 Å². The van der Waals surface area contributed by atoms with Crippen molar-refractivity contribution in [2.24, 2.45) is 0 Å². The average molecular weight is 928 g/mol. The average Bonchev–Trinajstić information content (AvgIpc) is 3.28. The minimum absolute atomic E-state index is 0.202. The van der Waals surface area contributed by atoms with Gasteiger partial charge in [0.2, 0.25) is 0 Å².